The fourth-order valence-corrected chi connectivity index (χ4v) is 3.74. The highest BCUT2D eigenvalue weighted by molar-refractivity contribution is 6.05. The van der Waals surface area contributed by atoms with Crippen LogP contribution >= 0.6 is 0 Å². The van der Waals surface area contributed by atoms with Crippen molar-refractivity contribution in [3.63, 3.8) is 0 Å². The van der Waals surface area contributed by atoms with Crippen LogP contribution < -0.4 is 9.47 Å². The number of rotatable bonds is 4. The molecule has 0 saturated heterocycles. The second-order valence-electron chi connectivity index (χ2n) is 7.84. The molecule has 0 unspecified atom stereocenters. The van der Waals surface area contributed by atoms with E-state index in [0.29, 0.717) is 21.5 Å². The summed E-state index contributed by atoms with van der Waals surface area (Å²) in [6, 6.07) is 18.7. The number of fused-ring (bicyclic) bond motifs is 2. The maximum atomic E-state index is 13.5. The Morgan fingerprint density at radius 3 is 1.31 bits per heavy atom. The Labute approximate surface area is 201 Å². The van der Waals surface area contributed by atoms with E-state index in [-0.39, 0.29) is 22.6 Å². The molecular weight excluding hydrogens is 476 g/mol. The molecule has 0 amide bonds. The number of carbonyl (C=O) groups excluding carboxylic acids is 2. The van der Waals surface area contributed by atoms with Crippen molar-refractivity contribution in [2.24, 2.45) is 0 Å². The van der Waals surface area contributed by atoms with Crippen molar-refractivity contribution in [2.45, 2.75) is 0 Å². The Morgan fingerprint density at radius 2 is 0.917 bits per heavy atom. The van der Waals surface area contributed by atoms with Gasteiger partial charge in [-0.25, -0.2) is 27.2 Å². The molecule has 4 nitrogen and oxygen atoms in total. The van der Waals surface area contributed by atoms with Gasteiger partial charge in [0.2, 0.25) is 0 Å². The Morgan fingerprint density at radius 1 is 0.500 bits per heavy atom. The van der Waals surface area contributed by atoms with Crippen molar-refractivity contribution in [1.82, 2.24) is 0 Å². The molecule has 8 heteroatoms. The Kier molecular flexibility index (Phi) is 5.85. The van der Waals surface area contributed by atoms with Crippen LogP contribution in [0.1, 0.15) is 20.7 Å². The number of halogens is 4. The van der Waals surface area contributed by atoms with Crippen molar-refractivity contribution in [1.29, 1.82) is 0 Å². The van der Waals surface area contributed by atoms with E-state index in [0.717, 1.165) is 36.4 Å². The maximum absolute atomic E-state index is 13.5. The molecule has 0 radical (unpaired) electrons. The zero-order valence-electron chi connectivity index (χ0n) is 18.2. The van der Waals surface area contributed by atoms with Crippen LogP contribution in [0.2, 0.25) is 0 Å². The van der Waals surface area contributed by atoms with Crippen LogP contribution in [-0.4, -0.2) is 11.9 Å². The third kappa shape index (κ3) is 4.36. The van der Waals surface area contributed by atoms with Crippen molar-refractivity contribution in [3.05, 3.63) is 119 Å². The monoisotopic (exact) mass is 490 g/mol. The number of ether oxygens (including phenoxy) is 2. The lowest BCUT2D eigenvalue weighted by molar-refractivity contribution is 0.0726. The molecule has 0 atom stereocenters. The summed E-state index contributed by atoms with van der Waals surface area (Å²) in [7, 11) is 0. The van der Waals surface area contributed by atoms with Crippen LogP contribution in [0.25, 0.3) is 21.5 Å². The SMILES string of the molecule is O=C(Oc1cccc2cc3c(OC(=O)c4ccc(F)c(F)c4)cccc3cc12)c1ccc(F)c(F)c1. The quantitative estimate of drug-likeness (QED) is 0.118. The second-order valence-corrected chi connectivity index (χ2v) is 7.84. The van der Waals surface area contributed by atoms with Gasteiger partial charge in [-0.3, -0.25) is 0 Å². The van der Waals surface area contributed by atoms with Crippen LogP contribution in [0, 0.1) is 23.3 Å². The highest BCUT2D eigenvalue weighted by Crippen LogP contribution is 2.34. The largest absolute Gasteiger partial charge is 0.422 e. The minimum atomic E-state index is -1.17. The fourth-order valence-electron chi connectivity index (χ4n) is 3.74. The average molecular weight is 490 g/mol. The summed E-state index contributed by atoms with van der Waals surface area (Å²) in [5, 5.41) is 2.36. The van der Waals surface area contributed by atoms with Gasteiger partial charge in [0.15, 0.2) is 23.3 Å². The molecule has 5 rings (SSSR count). The van der Waals surface area contributed by atoms with Gasteiger partial charge < -0.3 is 9.47 Å². The van der Waals surface area contributed by atoms with E-state index in [1.54, 1.807) is 48.5 Å². The number of hydrogen-bond acceptors (Lipinski definition) is 4. The Hall–Kier alpha value is -4.72. The molecule has 0 saturated carbocycles. The maximum Gasteiger partial charge on any atom is 0.343 e. The van der Waals surface area contributed by atoms with Crippen LogP contribution in [0.3, 0.4) is 0 Å². The summed E-state index contributed by atoms with van der Waals surface area (Å²) in [4.78, 5) is 25.0. The van der Waals surface area contributed by atoms with Gasteiger partial charge in [-0.1, -0.05) is 24.3 Å². The molecule has 5 aromatic rings. The van der Waals surface area contributed by atoms with Gasteiger partial charge in [-0.2, -0.15) is 0 Å². The highest BCUT2D eigenvalue weighted by atomic mass is 19.2. The van der Waals surface area contributed by atoms with Crippen LogP contribution in [0.4, 0.5) is 17.6 Å². The molecule has 0 heterocycles. The lowest BCUT2D eigenvalue weighted by atomic mass is 10.0. The zero-order chi connectivity index (χ0) is 25.4. The third-order valence-electron chi connectivity index (χ3n) is 5.52. The van der Waals surface area contributed by atoms with Crippen molar-refractivity contribution < 1.29 is 36.6 Å². The van der Waals surface area contributed by atoms with E-state index in [4.69, 9.17) is 9.47 Å². The van der Waals surface area contributed by atoms with E-state index < -0.39 is 35.2 Å². The van der Waals surface area contributed by atoms with E-state index in [1.165, 1.54) is 0 Å². The molecule has 36 heavy (non-hydrogen) atoms. The lowest BCUT2D eigenvalue weighted by Gasteiger charge is -2.12. The van der Waals surface area contributed by atoms with Gasteiger partial charge in [0.25, 0.3) is 0 Å². The van der Waals surface area contributed by atoms with Crippen LogP contribution in [0.5, 0.6) is 11.5 Å². The van der Waals surface area contributed by atoms with E-state index in [2.05, 4.69) is 0 Å². The minimum Gasteiger partial charge on any atom is -0.422 e. The van der Waals surface area contributed by atoms with Gasteiger partial charge in [0.1, 0.15) is 11.5 Å². The number of esters is 2. The summed E-state index contributed by atoms with van der Waals surface area (Å²) >= 11 is 0. The summed E-state index contributed by atoms with van der Waals surface area (Å²) in [6.45, 7) is 0. The molecular formula is C28H14F4O4. The molecule has 0 fully saturated rings. The van der Waals surface area contributed by atoms with E-state index in [9.17, 15) is 27.2 Å². The normalized spacial score (nSPS) is 11.0. The first-order chi connectivity index (χ1) is 17.3. The predicted molar refractivity (Wildman–Crippen MR) is 124 cm³/mol. The topological polar surface area (TPSA) is 52.6 Å². The molecule has 0 aliphatic heterocycles. The summed E-state index contributed by atoms with van der Waals surface area (Å²) in [5.74, 6) is -5.85. The van der Waals surface area contributed by atoms with Crippen molar-refractivity contribution in [2.75, 3.05) is 0 Å². The first-order valence-corrected chi connectivity index (χ1v) is 10.6. The molecule has 0 bridgehead atoms. The minimum absolute atomic E-state index is 0.155. The number of carbonyl (C=O) groups is 2. The van der Waals surface area contributed by atoms with Crippen LogP contribution in [-0.2, 0) is 0 Å². The molecule has 0 aliphatic rings. The van der Waals surface area contributed by atoms with E-state index >= 15 is 0 Å². The Balaban J connectivity index is 1.49. The van der Waals surface area contributed by atoms with Gasteiger partial charge in [-0.15, -0.1) is 0 Å². The van der Waals surface area contributed by atoms with Crippen molar-refractivity contribution >= 4 is 33.5 Å². The predicted octanol–water partition coefficient (Wildman–Crippen LogP) is 6.99. The molecule has 5 aromatic carbocycles. The third-order valence-corrected chi connectivity index (χ3v) is 5.52. The lowest BCUT2D eigenvalue weighted by Crippen LogP contribution is -2.10. The van der Waals surface area contributed by atoms with Crippen LogP contribution in [0.15, 0.2) is 84.9 Å². The van der Waals surface area contributed by atoms with Gasteiger partial charge in [0.05, 0.1) is 11.1 Å². The molecule has 0 N–H and O–H groups in total. The zero-order valence-corrected chi connectivity index (χ0v) is 18.2. The smallest absolute Gasteiger partial charge is 0.343 e. The molecule has 0 aliphatic carbocycles. The fraction of sp³-hybridized carbons (Fsp3) is 0. The average Bonchev–Trinajstić information content (AvgIpc) is 2.86. The standard InChI is InChI=1S/C28H14F4O4/c29-21-9-7-17(13-23(21)31)27(33)35-25-5-1-3-15-11-20-16(12-19(15)25)4-2-6-26(20)36-28(34)18-8-10-22(30)24(32)14-18/h1-14H. The van der Waals surface area contributed by atoms with Gasteiger partial charge in [0, 0.05) is 10.8 Å². The Bertz CT molecular complexity index is 1560. The summed E-state index contributed by atoms with van der Waals surface area (Å²) in [6.07, 6.45) is 0. The first kappa shape index (κ1) is 23.0. The molecule has 178 valence electrons. The number of hydrogen-bond donors (Lipinski definition) is 0. The summed E-state index contributed by atoms with van der Waals surface area (Å²) < 4.78 is 64.3. The number of benzene rings is 5. The van der Waals surface area contributed by atoms with E-state index in [1.807, 2.05) is 0 Å². The highest BCUT2D eigenvalue weighted by Gasteiger charge is 2.16. The van der Waals surface area contributed by atoms with Gasteiger partial charge >= 0.3 is 11.9 Å². The van der Waals surface area contributed by atoms with Crippen molar-refractivity contribution in [3.8, 4) is 11.5 Å². The second kappa shape index (κ2) is 9.14. The molecule has 0 spiro atoms. The summed E-state index contributed by atoms with van der Waals surface area (Å²) in [5.41, 5.74) is -0.309. The first-order valence-electron chi connectivity index (χ1n) is 10.6. The van der Waals surface area contributed by atoms with Gasteiger partial charge in [-0.05, 0) is 71.4 Å². The molecule has 0 aromatic heterocycles.